The molecule has 0 N–H and O–H groups in total. The van der Waals surface area contributed by atoms with Crippen molar-refractivity contribution in [2.75, 3.05) is 6.61 Å². The molecule has 2 rings (SSSR count). The third-order valence-electron chi connectivity index (χ3n) is 3.11. The number of rotatable bonds is 6. The zero-order valence-corrected chi connectivity index (χ0v) is 14.0. The SMILES string of the molecule is O=C(COC(=O)c1ccc(Br)c([N+](=O)[O-])c1)c1ccc([N+](=O)[O-])cc1. The molecule has 0 saturated carbocycles. The number of hydrogen-bond donors (Lipinski definition) is 0. The monoisotopic (exact) mass is 408 g/mol. The molecule has 0 aliphatic carbocycles. The number of Topliss-reactive ketones (excluding diaryl/α,β-unsaturated/α-hetero) is 1. The van der Waals surface area contributed by atoms with E-state index >= 15 is 0 Å². The molecule has 0 fully saturated rings. The fourth-order valence-corrected chi connectivity index (χ4v) is 2.24. The lowest BCUT2D eigenvalue weighted by molar-refractivity contribution is -0.385. The lowest BCUT2D eigenvalue weighted by Gasteiger charge is -2.05. The van der Waals surface area contributed by atoms with Crippen LogP contribution in [0.25, 0.3) is 0 Å². The van der Waals surface area contributed by atoms with Crippen LogP contribution in [-0.2, 0) is 4.74 Å². The van der Waals surface area contributed by atoms with Crippen molar-refractivity contribution < 1.29 is 24.2 Å². The molecule has 10 heteroatoms. The van der Waals surface area contributed by atoms with Crippen LogP contribution in [0.2, 0.25) is 0 Å². The number of nitro benzene ring substituents is 2. The smallest absolute Gasteiger partial charge is 0.338 e. The van der Waals surface area contributed by atoms with Gasteiger partial charge in [0.25, 0.3) is 11.4 Å². The quantitative estimate of drug-likeness (QED) is 0.310. The maximum absolute atomic E-state index is 11.9. The van der Waals surface area contributed by atoms with Crippen LogP contribution in [0.3, 0.4) is 0 Å². The molecule has 0 aromatic heterocycles. The van der Waals surface area contributed by atoms with Gasteiger partial charge in [-0.25, -0.2) is 4.79 Å². The summed E-state index contributed by atoms with van der Waals surface area (Å²) in [6, 6.07) is 8.49. The highest BCUT2D eigenvalue weighted by molar-refractivity contribution is 9.10. The van der Waals surface area contributed by atoms with Gasteiger partial charge in [0, 0.05) is 23.8 Å². The minimum absolute atomic E-state index is 0.0774. The molecule has 0 unspecified atom stereocenters. The van der Waals surface area contributed by atoms with Crippen LogP contribution in [0.15, 0.2) is 46.9 Å². The Labute approximate surface area is 148 Å². The van der Waals surface area contributed by atoms with E-state index in [1.54, 1.807) is 0 Å². The summed E-state index contributed by atoms with van der Waals surface area (Å²) in [6.45, 7) is -0.597. The number of carbonyl (C=O) groups excluding carboxylic acids is 2. The van der Waals surface area contributed by atoms with E-state index in [0.29, 0.717) is 0 Å². The summed E-state index contributed by atoms with van der Waals surface area (Å²) in [6.07, 6.45) is 0. The lowest BCUT2D eigenvalue weighted by atomic mass is 10.1. The number of ether oxygens (including phenoxy) is 1. The standard InChI is InChI=1S/C15H9BrN2O7/c16-12-6-3-10(7-13(12)18(23)24)15(20)25-8-14(19)9-1-4-11(5-2-9)17(21)22/h1-7H,8H2. The van der Waals surface area contributed by atoms with E-state index in [4.69, 9.17) is 4.74 Å². The summed E-state index contributed by atoms with van der Waals surface area (Å²) in [7, 11) is 0. The van der Waals surface area contributed by atoms with E-state index in [1.165, 1.54) is 24.3 Å². The first-order chi connectivity index (χ1) is 11.8. The second kappa shape index (κ2) is 7.62. The van der Waals surface area contributed by atoms with Gasteiger partial charge >= 0.3 is 5.97 Å². The normalized spacial score (nSPS) is 10.1. The van der Waals surface area contributed by atoms with Gasteiger partial charge in [-0.05, 0) is 40.2 Å². The molecule has 128 valence electrons. The van der Waals surface area contributed by atoms with Crippen LogP contribution in [0.4, 0.5) is 11.4 Å². The zero-order valence-electron chi connectivity index (χ0n) is 12.4. The molecule has 9 nitrogen and oxygen atoms in total. The third kappa shape index (κ3) is 4.44. The molecule has 0 spiro atoms. The Bertz CT molecular complexity index is 865. The number of nitro groups is 2. The summed E-state index contributed by atoms with van der Waals surface area (Å²) < 4.78 is 5.04. The molecule has 0 aliphatic heterocycles. The molecule has 0 radical (unpaired) electrons. The molecule has 0 saturated heterocycles. The average Bonchev–Trinajstić information content (AvgIpc) is 2.59. The Hall–Kier alpha value is -3.14. The summed E-state index contributed by atoms with van der Waals surface area (Å²) in [5, 5.41) is 21.4. The largest absolute Gasteiger partial charge is 0.454 e. The van der Waals surface area contributed by atoms with E-state index in [1.807, 2.05) is 0 Å². The van der Waals surface area contributed by atoms with Crippen LogP contribution in [-0.4, -0.2) is 28.2 Å². The van der Waals surface area contributed by atoms with Crippen LogP contribution < -0.4 is 0 Å². The fourth-order valence-electron chi connectivity index (χ4n) is 1.85. The van der Waals surface area contributed by atoms with E-state index in [-0.39, 0.29) is 27.0 Å². The first-order valence-corrected chi connectivity index (χ1v) is 7.47. The van der Waals surface area contributed by atoms with Crippen LogP contribution in [0.5, 0.6) is 0 Å². The van der Waals surface area contributed by atoms with Crippen molar-refractivity contribution in [1.82, 2.24) is 0 Å². The first kappa shape index (κ1) is 18.2. The minimum Gasteiger partial charge on any atom is -0.454 e. The first-order valence-electron chi connectivity index (χ1n) is 6.68. The second-order valence-electron chi connectivity index (χ2n) is 4.73. The number of nitrogens with zero attached hydrogens (tertiary/aromatic N) is 2. The van der Waals surface area contributed by atoms with Crippen molar-refractivity contribution in [1.29, 1.82) is 0 Å². The van der Waals surface area contributed by atoms with Crippen molar-refractivity contribution in [3.05, 3.63) is 78.3 Å². The van der Waals surface area contributed by atoms with Gasteiger partial charge in [-0.1, -0.05) is 0 Å². The molecule has 0 amide bonds. The number of carbonyl (C=O) groups is 2. The highest BCUT2D eigenvalue weighted by Crippen LogP contribution is 2.26. The van der Waals surface area contributed by atoms with E-state index in [2.05, 4.69) is 15.9 Å². The van der Waals surface area contributed by atoms with Crippen molar-refractivity contribution in [2.45, 2.75) is 0 Å². The van der Waals surface area contributed by atoms with Gasteiger partial charge < -0.3 is 4.74 Å². The second-order valence-corrected chi connectivity index (χ2v) is 5.58. The lowest BCUT2D eigenvalue weighted by Crippen LogP contribution is -2.14. The fraction of sp³-hybridized carbons (Fsp3) is 0.0667. The van der Waals surface area contributed by atoms with Gasteiger partial charge in [-0.3, -0.25) is 25.0 Å². The number of esters is 1. The van der Waals surface area contributed by atoms with Gasteiger partial charge in [-0.2, -0.15) is 0 Å². The van der Waals surface area contributed by atoms with Crippen molar-refractivity contribution >= 4 is 39.1 Å². The van der Waals surface area contributed by atoms with Gasteiger partial charge in [0.1, 0.15) is 0 Å². The zero-order chi connectivity index (χ0) is 18.6. The predicted molar refractivity (Wildman–Crippen MR) is 88.5 cm³/mol. The van der Waals surface area contributed by atoms with Gasteiger partial charge in [0.05, 0.1) is 19.9 Å². The molecule has 0 heterocycles. The Balaban J connectivity index is 2.04. The van der Waals surface area contributed by atoms with Crippen molar-refractivity contribution in [3.8, 4) is 0 Å². The summed E-state index contributed by atoms with van der Waals surface area (Å²) in [4.78, 5) is 44.0. The maximum Gasteiger partial charge on any atom is 0.338 e. The van der Waals surface area contributed by atoms with Gasteiger partial charge in [-0.15, -0.1) is 0 Å². The Morgan fingerprint density at radius 1 is 0.960 bits per heavy atom. The minimum atomic E-state index is -0.897. The summed E-state index contributed by atoms with van der Waals surface area (Å²) in [5.41, 5.74) is -0.418. The van der Waals surface area contributed by atoms with Crippen molar-refractivity contribution in [2.24, 2.45) is 0 Å². The molecule has 2 aromatic rings. The van der Waals surface area contributed by atoms with Crippen LogP contribution in [0, 0.1) is 20.2 Å². The molecule has 0 aliphatic rings. The highest BCUT2D eigenvalue weighted by Gasteiger charge is 2.18. The maximum atomic E-state index is 11.9. The number of non-ortho nitro benzene ring substituents is 1. The Kier molecular flexibility index (Phi) is 5.55. The van der Waals surface area contributed by atoms with Crippen molar-refractivity contribution in [3.63, 3.8) is 0 Å². The summed E-state index contributed by atoms with van der Waals surface area (Å²) in [5.74, 6) is -1.46. The average molecular weight is 409 g/mol. The predicted octanol–water partition coefficient (Wildman–Crippen LogP) is 3.31. The topological polar surface area (TPSA) is 130 Å². The molecule has 2 aromatic carbocycles. The third-order valence-corrected chi connectivity index (χ3v) is 3.78. The molecule has 0 atom stereocenters. The Morgan fingerprint density at radius 3 is 2.12 bits per heavy atom. The number of halogens is 1. The molecule has 0 bridgehead atoms. The van der Waals surface area contributed by atoms with Gasteiger partial charge in [0.15, 0.2) is 12.4 Å². The number of hydrogen-bond acceptors (Lipinski definition) is 7. The molecular weight excluding hydrogens is 400 g/mol. The highest BCUT2D eigenvalue weighted by atomic mass is 79.9. The van der Waals surface area contributed by atoms with E-state index < -0.39 is 28.2 Å². The number of ketones is 1. The Morgan fingerprint density at radius 2 is 1.56 bits per heavy atom. The number of benzene rings is 2. The molecular formula is C15H9BrN2O7. The van der Waals surface area contributed by atoms with Gasteiger partial charge in [0.2, 0.25) is 0 Å². The van der Waals surface area contributed by atoms with E-state index in [0.717, 1.165) is 18.2 Å². The van der Waals surface area contributed by atoms with Crippen LogP contribution in [0.1, 0.15) is 20.7 Å². The van der Waals surface area contributed by atoms with E-state index in [9.17, 15) is 29.8 Å². The van der Waals surface area contributed by atoms with Crippen LogP contribution >= 0.6 is 15.9 Å². The summed E-state index contributed by atoms with van der Waals surface area (Å²) >= 11 is 2.99. The molecule has 25 heavy (non-hydrogen) atoms.